The predicted molar refractivity (Wildman–Crippen MR) is 240 cm³/mol. The van der Waals surface area contributed by atoms with Crippen molar-refractivity contribution in [2.75, 3.05) is 39.3 Å². The van der Waals surface area contributed by atoms with Crippen LogP contribution in [-0.4, -0.2) is 83.5 Å². The molecule has 14 nitrogen and oxygen atoms in total. The van der Waals surface area contributed by atoms with Gasteiger partial charge >= 0.3 is 12.1 Å². The van der Waals surface area contributed by atoms with Gasteiger partial charge in [-0.1, -0.05) is 72.8 Å². The van der Waals surface area contributed by atoms with Crippen molar-refractivity contribution in [3.8, 4) is 11.5 Å². The SMILES string of the molecule is O=C(N[C@@H](c1ccccc1)c1cccc(OCc2ccc(C(=O)OCCNC(=O)c3ccc(CNC[C@H](O)c4ccc(O)c5[nH]c(=O)ccc45)cc3)cc2)c1)O[C@H]1CN2CCC1CC2. The first-order chi connectivity index (χ1) is 31.2. The normalized spacial score (nSPS) is 17.5. The number of H-pyrrole nitrogens is 1. The van der Waals surface area contributed by atoms with Crippen LogP contribution in [0.2, 0.25) is 0 Å². The molecule has 5 aromatic carbocycles. The third-order valence-electron chi connectivity index (χ3n) is 11.8. The number of alkyl carbamates (subject to hydrolysis) is 1. The average molecular weight is 866 g/mol. The van der Waals surface area contributed by atoms with E-state index in [1.807, 2.05) is 54.6 Å². The van der Waals surface area contributed by atoms with Crippen molar-refractivity contribution in [2.45, 2.75) is 44.2 Å². The van der Waals surface area contributed by atoms with Crippen LogP contribution < -0.4 is 26.2 Å². The Labute approximate surface area is 370 Å². The number of carbonyl (C=O) groups is 3. The number of aliphatic hydroxyl groups is 1. The highest BCUT2D eigenvalue weighted by Crippen LogP contribution is 2.31. The molecule has 6 aromatic rings. The van der Waals surface area contributed by atoms with E-state index >= 15 is 0 Å². The molecular weight excluding hydrogens is 815 g/mol. The maximum atomic E-state index is 13.2. The Morgan fingerprint density at radius 2 is 1.55 bits per heavy atom. The number of ether oxygens (including phenoxy) is 3. The number of phenolic OH excluding ortho intramolecular Hbond substituents is 1. The Balaban J connectivity index is 0.758. The van der Waals surface area contributed by atoms with Gasteiger partial charge in [-0.2, -0.15) is 0 Å². The van der Waals surface area contributed by atoms with E-state index in [0.717, 1.165) is 54.7 Å². The average Bonchev–Trinajstić information content (AvgIpc) is 3.32. The Hall–Kier alpha value is -7.00. The minimum absolute atomic E-state index is 0.0151. The van der Waals surface area contributed by atoms with E-state index in [-0.39, 0.29) is 55.1 Å². The van der Waals surface area contributed by atoms with E-state index in [1.165, 1.54) is 12.1 Å². The molecule has 0 radical (unpaired) electrons. The smallest absolute Gasteiger partial charge is 0.408 e. The number of nitrogens with zero attached hydrogens (tertiary/aromatic N) is 1. The summed E-state index contributed by atoms with van der Waals surface area (Å²) < 4.78 is 17.5. The lowest BCUT2D eigenvalue weighted by Crippen LogP contribution is -2.52. The van der Waals surface area contributed by atoms with E-state index in [0.29, 0.717) is 40.3 Å². The summed E-state index contributed by atoms with van der Waals surface area (Å²) in [7, 11) is 0. The van der Waals surface area contributed by atoms with Crippen LogP contribution in [0.1, 0.15) is 73.5 Å². The highest BCUT2D eigenvalue weighted by Gasteiger charge is 2.37. The van der Waals surface area contributed by atoms with Gasteiger partial charge in [0.1, 0.15) is 30.8 Å². The fraction of sp³-hybridized carbons (Fsp3) is 0.280. The number of aromatic nitrogens is 1. The van der Waals surface area contributed by atoms with Gasteiger partial charge in [-0.15, -0.1) is 0 Å². The standard InChI is InChI=1S/C50H51N5O9/c56-42-19-17-40(41-18-20-45(58)53-47(41)42)43(57)29-51-28-32-9-13-36(14-10-32)48(59)52-23-26-62-49(60)37-15-11-33(12-16-37)31-63-39-8-4-7-38(27-39)46(35-5-2-1-3-6-35)54-50(61)64-44-30-55-24-21-34(44)22-25-55/h1-20,27,34,43-44,46,51,56-57H,21-26,28-31H2,(H,52,59)(H,53,58)(H,54,61)/t43-,44-,46-/m0/s1. The van der Waals surface area contributed by atoms with Gasteiger partial charge in [-0.3, -0.25) is 14.5 Å². The molecule has 330 valence electrons. The zero-order valence-corrected chi connectivity index (χ0v) is 35.2. The maximum absolute atomic E-state index is 13.2. The van der Waals surface area contributed by atoms with Crippen LogP contribution in [0.3, 0.4) is 0 Å². The number of aliphatic hydroxyl groups excluding tert-OH is 1. The van der Waals surface area contributed by atoms with Gasteiger partial charge in [0.05, 0.1) is 29.8 Å². The number of benzene rings is 5. The van der Waals surface area contributed by atoms with Gasteiger partial charge in [0.15, 0.2) is 0 Å². The number of phenols is 1. The summed E-state index contributed by atoms with van der Waals surface area (Å²) in [5, 5.41) is 30.5. The molecule has 0 spiro atoms. The van der Waals surface area contributed by atoms with Gasteiger partial charge in [0, 0.05) is 36.7 Å². The topological polar surface area (TPSA) is 192 Å². The molecule has 3 aliphatic rings. The molecular formula is C50H51N5O9. The summed E-state index contributed by atoms with van der Waals surface area (Å²) in [5.74, 6) is 0.127. The molecule has 4 heterocycles. The number of rotatable bonds is 17. The number of hydrogen-bond acceptors (Lipinski definition) is 11. The van der Waals surface area contributed by atoms with Crippen LogP contribution in [0.15, 0.2) is 132 Å². The van der Waals surface area contributed by atoms with Crippen LogP contribution in [-0.2, 0) is 22.6 Å². The van der Waals surface area contributed by atoms with Crippen molar-refractivity contribution in [2.24, 2.45) is 5.92 Å². The molecule has 3 fully saturated rings. The number of fused-ring (bicyclic) bond motifs is 4. The first kappa shape index (κ1) is 43.6. The number of aromatic amines is 1. The van der Waals surface area contributed by atoms with Crippen molar-refractivity contribution in [3.63, 3.8) is 0 Å². The number of hydrogen-bond donors (Lipinski definition) is 6. The monoisotopic (exact) mass is 865 g/mol. The van der Waals surface area contributed by atoms with Gasteiger partial charge in [-0.25, -0.2) is 9.59 Å². The van der Waals surface area contributed by atoms with Crippen LogP contribution in [0.5, 0.6) is 11.5 Å². The second kappa shape index (κ2) is 20.5. The van der Waals surface area contributed by atoms with E-state index in [9.17, 15) is 29.4 Å². The largest absolute Gasteiger partial charge is 0.506 e. The van der Waals surface area contributed by atoms with E-state index in [1.54, 1.807) is 60.7 Å². The summed E-state index contributed by atoms with van der Waals surface area (Å²) in [6.45, 7) is 3.92. The van der Waals surface area contributed by atoms with Gasteiger partial charge in [0.2, 0.25) is 5.56 Å². The number of piperidine rings is 3. The Bertz CT molecular complexity index is 2610. The molecule has 3 saturated heterocycles. The summed E-state index contributed by atoms with van der Waals surface area (Å²) in [6.07, 6.45) is 0.678. The molecule has 2 amide bonds. The first-order valence-electron chi connectivity index (χ1n) is 21.5. The zero-order valence-electron chi connectivity index (χ0n) is 35.2. The molecule has 0 saturated carbocycles. The van der Waals surface area contributed by atoms with E-state index < -0.39 is 24.2 Å². The molecule has 0 unspecified atom stereocenters. The molecule has 9 rings (SSSR count). The minimum atomic E-state index is -0.897. The molecule has 3 aliphatic heterocycles. The van der Waals surface area contributed by atoms with Gasteiger partial charge in [-0.05, 0) is 108 Å². The van der Waals surface area contributed by atoms with Crippen molar-refractivity contribution < 1.29 is 38.8 Å². The second-order valence-electron chi connectivity index (χ2n) is 16.1. The van der Waals surface area contributed by atoms with Crippen molar-refractivity contribution in [3.05, 3.63) is 177 Å². The highest BCUT2D eigenvalue weighted by atomic mass is 16.6. The van der Waals surface area contributed by atoms with Crippen molar-refractivity contribution in [1.29, 1.82) is 0 Å². The van der Waals surface area contributed by atoms with Crippen LogP contribution in [0.4, 0.5) is 4.79 Å². The van der Waals surface area contributed by atoms with Crippen molar-refractivity contribution >= 4 is 28.9 Å². The fourth-order valence-corrected chi connectivity index (χ4v) is 8.31. The van der Waals surface area contributed by atoms with E-state index in [2.05, 4.69) is 25.8 Å². The summed E-state index contributed by atoms with van der Waals surface area (Å²) in [5.41, 5.74) is 4.80. The van der Waals surface area contributed by atoms with Crippen molar-refractivity contribution in [1.82, 2.24) is 25.8 Å². The molecule has 0 aliphatic carbocycles. The number of aromatic hydroxyl groups is 1. The maximum Gasteiger partial charge on any atom is 0.408 e. The number of carbonyl (C=O) groups excluding carboxylic acids is 3. The molecule has 3 atom stereocenters. The lowest BCUT2D eigenvalue weighted by atomic mass is 9.86. The number of pyridine rings is 1. The molecule has 6 N–H and O–H groups in total. The third kappa shape index (κ3) is 11.0. The Kier molecular flexibility index (Phi) is 13.9. The number of nitrogens with one attached hydrogen (secondary N) is 4. The lowest BCUT2D eigenvalue weighted by Gasteiger charge is -2.43. The van der Waals surface area contributed by atoms with Gasteiger partial charge < -0.3 is 45.4 Å². The summed E-state index contributed by atoms with van der Waals surface area (Å²) in [6, 6.07) is 36.8. The first-order valence-corrected chi connectivity index (χ1v) is 21.5. The summed E-state index contributed by atoms with van der Waals surface area (Å²) >= 11 is 0. The van der Waals surface area contributed by atoms with E-state index in [4.69, 9.17) is 14.2 Å². The zero-order chi connectivity index (χ0) is 44.4. The fourth-order valence-electron chi connectivity index (χ4n) is 8.31. The quantitative estimate of drug-likeness (QED) is 0.0457. The second-order valence-corrected chi connectivity index (χ2v) is 16.1. The van der Waals surface area contributed by atoms with Crippen LogP contribution in [0, 0.1) is 5.92 Å². The summed E-state index contributed by atoms with van der Waals surface area (Å²) in [4.78, 5) is 55.4. The van der Waals surface area contributed by atoms with Crippen LogP contribution in [0.25, 0.3) is 10.9 Å². The molecule has 14 heteroatoms. The Morgan fingerprint density at radius 3 is 2.30 bits per heavy atom. The highest BCUT2D eigenvalue weighted by molar-refractivity contribution is 5.94. The van der Waals surface area contributed by atoms with Crippen LogP contribution >= 0.6 is 0 Å². The number of esters is 1. The minimum Gasteiger partial charge on any atom is -0.506 e. The third-order valence-corrected chi connectivity index (χ3v) is 11.8. The van der Waals surface area contributed by atoms with Gasteiger partial charge in [0.25, 0.3) is 5.91 Å². The number of amides is 2. The Morgan fingerprint density at radius 1 is 0.812 bits per heavy atom. The molecule has 2 bridgehead atoms. The predicted octanol–water partition coefficient (Wildman–Crippen LogP) is 6.13. The molecule has 1 aromatic heterocycles. The lowest BCUT2D eigenvalue weighted by molar-refractivity contribution is -0.0336. The molecule has 64 heavy (non-hydrogen) atoms.